The Morgan fingerprint density at radius 1 is 1.23 bits per heavy atom. The molecule has 2 aliphatic rings. The SMILES string of the molecule is Nc1nc2c(ncn2[C@H](O)[C@H]2COCC[C@H]3[C@@H](O)[C@H](n4ccc5c(N)ncnc54)O[C@@H]3COP(=O)(S)O2)c(=O)[nH]1. The van der Waals surface area contributed by atoms with Gasteiger partial charge in [0.2, 0.25) is 5.95 Å². The molecule has 4 aromatic heterocycles. The van der Waals surface area contributed by atoms with E-state index in [1.54, 1.807) is 16.8 Å². The zero-order valence-corrected chi connectivity index (χ0v) is 22.5. The Morgan fingerprint density at radius 2 is 2.05 bits per heavy atom. The predicted octanol–water partition coefficient (Wildman–Crippen LogP) is -0.0457. The number of hydrogen-bond acceptors (Lipinski definition) is 14. The zero-order chi connectivity index (χ0) is 28.2. The van der Waals surface area contributed by atoms with E-state index in [4.69, 9.17) is 30.0 Å². The summed E-state index contributed by atoms with van der Waals surface area (Å²) < 4.78 is 39.1. The highest BCUT2D eigenvalue weighted by Gasteiger charge is 2.46. The molecule has 0 aromatic carbocycles. The van der Waals surface area contributed by atoms with Crippen molar-refractivity contribution in [3.05, 3.63) is 35.3 Å². The van der Waals surface area contributed by atoms with E-state index in [9.17, 15) is 19.6 Å². The first-order chi connectivity index (χ1) is 19.1. The van der Waals surface area contributed by atoms with Crippen LogP contribution in [0.2, 0.25) is 0 Å². The molecule has 19 heteroatoms. The van der Waals surface area contributed by atoms with E-state index in [-0.39, 0.29) is 36.9 Å². The van der Waals surface area contributed by atoms with Crippen molar-refractivity contribution in [2.45, 2.75) is 37.2 Å². The topological polar surface area (TPSA) is 241 Å². The molecule has 17 nitrogen and oxygen atoms in total. The van der Waals surface area contributed by atoms with Crippen LogP contribution in [0.15, 0.2) is 29.7 Å². The molecule has 0 radical (unpaired) electrons. The van der Waals surface area contributed by atoms with Crippen molar-refractivity contribution in [3.8, 4) is 0 Å². The summed E-state index contributed by atoms with van der Waals surface area (Å²) in [5.41, 5.74) is 11.4. The molecule has 0 bridgehead atoms. The van der Waals surface area contributed by atoms with Gasteiger partial charge in [0, 0.05) is 18.7 Å². The van der Waals surface area contributed by atoms with Gasteiger partial charge in [-0.3, -0.25) is 23.4 Å². The highest BCUT2D eigenvalue weighted by molar-refractivity contribution is 8.44. The van der Waals surface area contributed by atoms with E-state index >= 15 is 0 Å². The van der Waals surface area contributed by atoms with Crippen molar-refractivity contribution in [1.82, 2.24) is 34.1 Å². The molecular formula is C21H26N9O8PS. The molecule has 0 saturated carbocycles. The zero-order valence-electron chi connectivity index (χ0n) is 20.7. The number of hydrogen-bond donors (Lipinski definition) is 6. The molecule has 2 aliphatic heterocycles. The highest BCUT2D eigenvalue weighted by Crippen LogP contribution is 2.56. The quantitative estimate of drug-likeness (QED) is 0.134. The van der Waals surface area contributed by atoms with Crippen LogP contribution in [0, 0.1) is 5.92 Å². The Balaban J connectivity index is 1.22. The smallest absolute Gasteiger partial charge is 0.386 e. The molecular weight excluding hydrogens is 569 g/mol. The summed E-state index contributed by atoms with van der Waals surface area (Å²) in [5.74, 6) is -0.364. The summed E-state index contributed by atoms with van der Waals surface area (Å²) in [7, 11) is 0. The standard InChI is InChI=1S/C21H26N9O8PS/c22-15-10-1-3-29(16(10)25-7-24-15)20-14(31)9-2-4-35-5-12(38-39(34,40)36-6-11(9)37-20)19(33)30-8-26-13-17(30)27-21(23)28-18(13)32/h1,3,7-9,11-12,14,19-20,31,33H,2,4-6H2,(H,34,40)(H2,22,24,25)(H3,23,27,28,32)/t9-,11-,12-,14-,19-,20-,39?/m1/s1. The molecule has 2 fully saturated rings. The Hall–Kier alpha value is -3.09. The maximum Gasteiger partial charge on any atom is 0.386 e. The fourth-order valence-corrected chi connectivity index (χ4v) is 6.48. The van der Waals surface area contributed by atoms with Crippen molar-refractivity contribution >= 4 is 53.0 Å². The van der Waals surface area contributed by atoms with Crippen molar-refractivity contribution in [1.29, 1.82) is 0 Å². The number of imidazole rings is 1. The van der Waals surface area contributed by atoms with Gasteiger partial charge in [-0.25, -0.2) is 19.5 Å². The van der Waals surface area contributed by atoms with Gasteiger partial charge in [0.05, 0.1) is 31.0 Å². The number of nitrogens with zero attached hydrogens (tertiary/aromatic N) is 6. The second-order valence-corrected chi connectivity index (χ2v) is 12.3. The fraction of sp³-hybridized carbons (Fsp3) is 0.476. The van der Waals surface area contributed by atoms with Crippen LogP contribution in [-0.2, 0) is 23.1 Å². The first-order valence-corrected chi connectivity index (χ1v) is 14.9. The summed E-state index contributed by atoms with van der Waals surface area (Å²) in [4.78, 5) is 30.7. The van der Waals surface area contributed by atoms with E-state index in [2.05, 4.69) is 37.2 Å². The molecule has 1 unspecified atom stereocenters. The van der Waals surface area contributed by atoms with Crippen molar-refractivity contribution in [2.24, 2.45) is 5.92 Å². The number of aromatic amines is 1. The lowest BCUT2D eigenvalue weighted by atomic mass is 9.95. The average molecular weight is 596 g/mol. The monoisotopic (exact) mass is 595 g/mol. The lowest BCUT2D eigenvalue weighted by molar-refractivity contribution is -0.0642. The first kappa shape index (κ1) is 27.1. The summed E-state index contributed by atoms with van der Waals surface area (Å²) in [5, 5.41) is 22.9. The minimum absolute atomic E-state index is 0.0109. The molecule has 6 rings (SSSR count). The van der Waals surface area contributed by atoms with E-state index in [1.807, 2.05) is 0 Å². The molecule has 7 N–H and O–H groups in total. The molecule has 40 heavy (non-hydrogen) atoms. The van der Waals surface area contributed by atoms with Crippen molar-refractivity contribution < 1.29 is 33.3 Å². The van der Waals surface area contributed by atoms with Gasteiger partial charge in [-0.1, -0.05) is 12.2 Å². The van der Waals surface area contributed by atoms with Crippen LogP contribution in [0.5, 0.6) is 0 Å². The van der Waals surface area contributed by atoms with Crippen molar-refractivity contribution in [2.75, 3.05) is 31.3 Å². The van der Waals surface area contributed by atoms with Crippen LogP contribution in [-0.4, -0.2) is 82.4 Å². The summed E-state index contributed by atoms with van der Waals surface area (Å²) in [6.45, 7) is -4.46. The molecule has 4 aromatic rings. The first-order valence-electron chi connectivity index (χ1n) is 12.2. The largest absolute Gasteiger partial charge is 0.388 e. The number of rotatable bonds is 3. The number of anilines is 2. The van der Waals surface area contributed by atoms with E-state index in [0.29, 0.717) is 23.3 Å². The second-order valence-electron chi connectivity index (χ2n) is 9.40. The third kappa shape index (κ3) is 4.86. The number of aliphatic hydroxyl groups excluding tert-OH is 2. The minimum Gasteiger partial charge on any atom is -0.388 e. The number of aliphatic hydroxyl groups is 2. The molecule has 0 spiro atoms. The molecule has 0 aliphatic carbocycles. The lowest BCUT2D eigenvalue weighted by Gasteiger charge is -2.26. The van der Waals surface area contributed by atoms with Gasteiger partial charge < -0.3 is 35.7 Å². The number of aromatic nitrogens is 7. The van der Waals surface area contributed by atoms with E-state index in [1.165, 1.54) is 12.7 Å². The maximum absolute atomic E-state index is 13.2. The van der Waals surface area contributed by atoms with Gasteiger partial charge in [0.1, 0.15) is 30.0 Å². The molecule has 214 valence electrons. The van der Waals surface area contributed by atoms with Crippen LogP contribution in [0.3, 0.4) is 0 Å². The Morgan fingerprint density at radius 3 is 2.88 bits per heavy atom. The number of ether oxygens (including phenoxy) is 2. The Kier molecular flexibility index (Phi) is 7.04. The lowest BCUT2D eigenvalue weighted by Crippen LogP contribution is -2.31. The number of nitrogens with one attached hydrogen (secondary N) is 1. The third-order valence-electron chi connectivity index (χ3n) is 6.95. The highest BCUT2D eigenvalue weighted by atomic mass is 32.7. The maximum atomic E-state index is 13.2. The van der Waals surface area contributed by atoms with Crippen LogP contribution in [0.4, 0.5) is 11.8 Å². The van der Waals surface area contributed by atoms with Crippen molar-refractivity contribution in [3.63, 3.8) is 0 Å². The normalized spacial score (nSPS) is 30.7. The third-order valence-corrected chi connectivity index (χ3v) is 8.60. The number of nitrogen functional groups attached to an aromatic ring is 2. The number of H-pyrrole nitrogens is 1. The van der Waals surface area contributed by atoms with Crippen LogP contribution in [0.25, 0.3) is 22.2 Å². The van der Waals surface area contributed by atoms with Gasteiger partial charge in [-0.2, -0.15) is 4.98 Å². The van der Waals surface area contributed by atoms with Crippen LogP contribution < -0.4 is 17.0 Å². The Bertz CT molecular complexity index is 1660. The van der Waals surface area contributed by atoms with E-state index in [0.717, 1.165) is 4.57 Å². The van der Waals surface area contributed by atoms with E-state index < -0.39 is 49.0 Å². The second kappa shape index (κ2) is 10.4. The number of nitrogens with two attached hydrogens (primary N) is 2. The Labute approximate surface area is 230 Å². The van der Waals surface area contributed by atoms with Crippen LogP contribution >= 0.6 is 19.0 Å². The summed E-state index contributed by atoms with van der Waals surface area (Å²) in [6, 6.07) is 1.73. The van der Waals surface area contributed by atoms with Gasteiger partial charge >= 0.3 is 6.80 Å². The van der Waals surface area contributed by atoms with Gasteiger partial charge in [-0.15, -0.1) is 0 Å². The van der Waals surface area contributed by atoms with Gasteiger partial charge in [-0.05, 0) is 12.5 Å². The number of thiol groups is 1. The number of fused-ring (bicyclic) bond motifs is 3. The van der Waals surface area contributed by atoms with Gasteiger partial charge in [0.15, 0.2) is 23.6 Å². The summed E-state index contributed by atoms with van der Waals surface area (Å²) >= 11 is 4.08. The average Bonchev–Trinajstić information content (AvgIpc) is 3.60. The fourth-order valence-electron chi connectivity index (χ4n) is 5.01. The molecule has 2 saturated heterocycles. The molecule has 0 amide bonds. The molecule has 6 heterocycles. The summed E-state index contributed by atoms with van der Waals surface area (Å²) in [6.07, 6.45) is -0.833. The minimum atomic E-state index is -4.11. The molecule has 7 atom stereocenters. The predicted molar refractivity (Wildman–Crippen MR) is 142 cm³/mol. The van der Waals surface area contributed by atoms with Gasteiger partial charge in [0.25, 0.3) is 5.56 Å². The van der Waals surface area contributed by atoms with Crippen LogP contribution in [0.1, 0.15) is 18.9 Å².